The van der Waals surface area contributed by atoms with Gasteiger partial charge in [0.2, 0.25) is 5.89 Å². The molecule has 0 bridgehead atoms. The number of furan rings is 1. The molecule has 58 heavy (non-hydrogen) atoms. The molecule has 4 nitrogen and oxygen atoms in total. The summed E-state index contributed by atoms with van der Waals surface area (Å²) >= 11 is 1.84. The molecule has 3 heterocycles. The Morgan fingerprint density at radius 1 is 0.414 bits per heavy atom. The maximum absolute atomic E-state index is 6.42. The summed E-state index contributed by atoms with van der Waals surface area (Å²) < 4.78 is 15.3. The van der Waals surface area contributed by atoms with Crippen molar-refractivity contribution in [3.63, 3.8) is 0 Å². The fourth-order valence-electron chi connectivity index (χ4n) is 8.50. The molecule has 272 valence electrons. The first-order valence-corrected chi connectivity index (χ1v) is 20.2. The summed E-state index contributed by atoms with van der Waals surface area (Å²) in [5, 5.41) is 7.02. The second-order valence-corrected chi connectivity index (χ2v) is 15.8. The smallest absolute Gasteiger partial charge is 0.227 e. The molecule has 0 atom stereocenters. The molecule has 0 aliphatic carbocycles. The number of oxazole rings is 1. The Labute approximate surface area is 337 Å². The van der Waals surface area contributed by atoms with E-state index in [2.05, 4.69) is 157 Å². The van der Waals surface area contributed by atoms with E-state index >= 15 is 0 Å². The zero-order valence-corrected chi connectivity index (χ0v) is 31.9. The van der Waals surface area contributed by atoms with Gasteiger partial charge < -0.3 is 13.7 Å². The summed E-state index contributed by atoms with van der Waals surface area (Å²) in [6.45, 7) is 0. The number of nitrogens with zero attached hydrogens (tertiary/aromatic N) is 2. The van der Waals surface area contributed by atoms with E-state index in [-0.39, 0.29) is 0 Å². The standard InChI is InChI=1S/C53H32N2O2S/c1-2-10-36(11-3-1)53-54-46-28-30-48-51(52(46)57-53)45-31-37(21-29-47(45)56-48)33-17-22-38(23-18-33)55(40-26-27-44-43-14-6-7-16-49(43)58-50(44)32-40)39-24-19-35(20-25-39)42-15-8-12-34-9-4-5-13-41(34)42/h1-32H. The van der Waals surface area contributed by atoms with Crippen LogP contribution in [0.4, 0.5) is 17.1 Å². The van der Waals surface area contributed by atoms with E-state index in [0.29, 0.717) is 5.89 Å². The molecule has 3 aromatic heterocycles. The predicted molar refractivity (Wildman–Crippen MR) is 243 cm³/mol. The largest absolute Gasteiger partial charge is 0.456 e. The second-order valence-electron chi connectivity index (χ2n) is 14.7. The van der Waals surface area contributed by atoms with Gasteiger partial charge in [0.05, 0.1) is 5.39 Å². The second kappa shape index (κ2) is 13.1. The van der Waals surface area contributed by atoms with Gasteiger partial charge in [-0.3, -0.25) is 0 Å². The highest BCUT2D eigenvalue weighted by Gasteiger charge is 2.19. The maximum Gasteiger partial charge on any atom is 0.227 e. The van der Waals surface area contributed by atoms with Crippen LogP contribution in [-0.2, 0) is 0 Å². The van der Waals surface area contributed by atoms with Crippen LogP contribution in [0.2, 0.25) is 0 Å². The predicted octanol–water partition coefficient (Wildman–Crippen LogP) is 15.7. The highest BCUT2D eigenvalue weighted by atomic mass is 32.1. The molecule has 0 N–H and O–H groups in total. The van der Waals surface area contributed by atoms with E-state index in [4.69, 9.17) is 13.8 Å². The molecule has 12 aromatic rings. The van der Waals surface area contributed by atoms with Crippen LogP contribution < -0.4 is 4.90 Å². The van der Waals surface area contributed by atoms with Gasteiger partial charge in [-0.05, 0) is 112 Å². The Morgan fingerprint density at radius 3 is 1.93 bits per heavy atom. The van der Waals surface area contributed by atoms with Gasteiger partial charge in [0, 0.05) is 48.2 Å². The molecule has 0 unspecified atom stereocenters. The van der Waals surface area contributed by atoms with E-state index in [1.54, 1.807) is 0 Å². The van der Waals surface area contributed by atoms with E-state index in [1.807, 2.05) is 53.8 Å². The van der Waals surface area contributed by atoms with E-state index < -0.39 is 0 Å². The Kier molecular flexibility index (Phi) is 7.37. The zero-order chi connectivity index (χ0) is 38.2. The molecule has 12 rings (SSSR count). The molecule has 0 fully saturated rings. The van der Waals surface area contributed by atoms with Crippen molar-refractivity contribution in [3.8, 4) is 33.7 Å². The van der Waals surface area contributed by atoms with Crippen molar-refractivity contribution in [2.24, 2.45) is 0 Å². The molecule has 5 heteroatoms. The molecule has 0 saturated carbocycles. The van der Waals surface area contributed by atoms with E-state index in [9.17, 15) is 0 Å². The molecule has 0 radical (unpaired) electrons. The maximum atomic E-state index is 6.42. The number of aromatic nitrogens is 1. The molecule has 0 amide bonds. The quantitative estimate of drug-likeness (QED) is 0.169. The minimum Gasteiger partial charge on any atom is -0.456 e. The molecule has 0 aliphatic heterocycles. The van der Waals surface area contributed by atoms with Crippen molar-refractivity contribution in [1.29, 1.82) is 0 Å². The van der Waals surface area contributed by atoms with Crippen LogP contribution in [0, 0.1) is 0 Å². The fourth-order valence-corrected chi connectivity index (χ4v) is 9.64. The van der Waals surface area contributed by atoms with Gasteiger partial charge in [0.25, 0.3) is 0 Å². The third-order valence-corrected chi connectivity index (χ3v) is 12.4. The lowest BCUT2D eigenvalue weighted by Crippen LogP contribution is -2.09. The average Bonchev–Trinajstić information content (AvgIpc) is 4.00. The number of hydrogen-bond donors (Lipinski definition) is 0. The molecule has 0 spiro atoms. The van der Waals surface area contributed by atoms with Crippen LogP contribution in [0.3, 0.4) is 0 Å². The van der Waals surface area contributed by atoms with Crippen molar-refractivity contribution in [3.05, 3.63) is 194 Å². The lowest BCUT2D eigenvalue weighted by atomic mass is 9.98. The zero-order valence-electron chi connectivity index (χ0n) is 31.1. The van der Waals surface area contributed by atoms with Gasteiger partial charge in [0.1, 0.15) is 16.7 Å². The van der Waals surface area contributed by atoms with Crippen LogP contribution in [-0.4, -0.2) is 4.98 Å². The Balaban J connectivity index is 0.952. The molecular weight excluding hydrogens is 729 g/mol. The normalized spacial score (nSPS) is 11.8. The lowest BCUT2D eigenvalue weighted by Gasteiger charge is -2.26. The third-order valence-electron chi connectivity index (χ3n) is 11.3. The van der Waals surface area contributed by atoms with Crippen LogP contribution >= 0.6 is 11.3 Å². The summed E-state index contributed by atoms with van der Waals surface area (Å²) in [7, 11) is 0. The lowest BCUT2D eigenvalue weighted by molar-refractivity contribution is 0.622. The first-order chi connectivity index (χ1) is 28.7. The Morgan fingerprint density at radius 2 is 1.09 bits per heavy atom. The van der Waals surface area contributed by atoms with Crippen molar-refractivity contribution in [1.82, 2.24) is 4.98 Å². The summed E-state index contributed by atoms with van der Waals surface area (Å²) in [6.07, 6.45) is 0. The summed E-state index contributed by atoms with van der Waals surface area (Å²) in [4.78, 5) is 7.18. The fraction of sp³-hybridized carbons (Fsp3) is 0. The summed E-state index contributed by atoms with van der Waals surface area (Å²) in [5.74, 6) is 0.600. The van der Waals surface area contributed by atoms with Crippen molar-refractivity contribution >= 4 is 92.4 Å². The monoisotopic (exact) mass is 760 g/mol. The molecule has 0 saturated heterocycles. The van der Waals surface area contributed by atoms with Crippen LogP contribution in [0.25, 0.3) is 97.7 Å². The number of benzene rings is 9. The topological polar surface area (TPSA) is 42.4 Å². The SMILES string of the molecule is c1ccc(-c2nc3ccc4oc5ccc(-c6ccc(N(c7ccc(-c8cccc9ccccc89)cc7)c7ccc8c(c7)sc7ccccc78)cc6)cc5c4c3o2)cc1. The van der Waals surface area contributed by atoms with Gasteiger partial charge in [-0.25, -0.2) is 4.98 Å². The van der Waals surface area contributed by atoms with Gasteiger partial charge in [-0.15, -0.1) is 11.3 Å². The summed E-state index contributed by atoms with van der Waals surface area (Å²) in [5.41, 5.74) is 12.0. The van der Waals surface area contributed by atoms with Gasteiger partial charge in [-0.1, -0.05) is 115 Å². The highest BCUT2D eigenvalue weighted by molar-refractivity contribution is 7.25. The third kappa shape index (κ3) is 5.32. The van der Waals surface area contributed by atoms with Crippen LogP contribution in [0.15, 0.2) is 203 Å². The molecular formula is C53H32N2O2S. The van der Waals surface area contributed by atoms with Gasteiger partial charge >= 0.3 is 0 Å². The average molecular weight is 761 g/mol. The summed E-state index contributed by atoms with van der Waals surface area (Å²) in [6, 6.07) is 68.9. The minimum absolute atomic E-state index is 0.600. The Bertz CT molecular complexity index is 3500. The first-order valence-electron chi connectivity index (χ1n) is 19.4. The highest BCUT2D eigenvalue weighted by Crippen LogP contribution is 2.43. The van der Waals surface area contributed by atoms with E-state index in [0.717, 1.165) is 66.8 Å². The molecule has 9 aromatic carbocycles. The number of rotatable bonds is 6. The minimum atomic E-state index is 0.600. The molecule has 0 aliphatic rings. The van der Waals surface area contributed by atoms with Crippen molar-refractivity contribution in [2.45, 2.75) is 0 Å². The van der Waals surface area contributed by atoms with Crippen molar-refractivity contribution in [2.75, 3.05) is 4.90 Å². The van der Waals surface area contributed by atoms with Crippen molar-refractivity contribution < 1.29 is 8.83 Å². The van der Waals surface area contributed by atoms with Crippen LogP contribution in [0.1, 0.15) is 0 Å². The number of fused-ring (bicyclic) bond motifs is 9. The Hall–Kier alpha value is -7.47. The first kappa shape index (κ1) is 32.7. The van der Waals surface area contributed by atoms with Gasteiger partial charge in [-0.2, -0.15) is 0 Å². The van der Waals surface area contributed by atoms with Crippen LogP contribution in [0.5, 0.6) is 0 Å². The number of hydrogen-bond acceptors (Lipinski definition) is 5. The number of anilines is 3. The number of thiophene rings is 1. The van der Waals surface area contributed by atoms with Gasteiger partial charge in [0.15, 0.2) is 5.58 Å². The van der Waals surface area contributed by atoms with E-state index in [1.165, 1.54) is 42.1 Å².